The van der Waals surface area contributed by atoms with Crippen molar-refractivity contribution >= 4 is 11.3 Å². The Kier molecular flexibility index (Phi) is 4.67. The summed E-state index contributed by atoms with van der Waals surface area (Å²) in [5.74, 6) is 0.471. The van der Waals surface area contributed by atoms with E-state index < -0.39 is 11.1 Å². The summed E-state index contributed by atoms with van der Waals surface area (Å²) in [5, 5.41) is 7.47. The van der Waals surface area contributed by atoms with Crippen LogP contribution in [0.5, 0.6) is 0 Å². The molecule has 2 aromatic heterocycles. The Morgan fingerprint density at radius 2 is 1.87 bits per heavy atom. The zero-order chi connectivity index (χ0) is 20.9. The van der Waals surface area contributed by atoms with Crippen molar-refractivity contribution in [2.24, 2.45) is 0 Å². The fourth-order valence-corrected chi connectivity index (χ4v) is 5.25. The molecule has 3 aromatic rings. The molecule has 0 aliphatic carbocycles. The van der Waals surface area contributed by atoms with E-state index in [1.54, 1.807) is 16.7 Å². The third-order valence-electron chi connectivity index (χ3n) is 6.15. The van der Waals surface area contributed by atoms with E-state index in [0.717, 1.165) is 48.7 Å². The van der Waals surface area contributed by atoms with Crippen LogP contribution in [0.4, 0.5) is 4.39 Å². The summed E-state index contributed by atoms with van der Waals surface area (Å²) in [4.78, 5) is 32.0. The summed E-state index contributed by atoms with van der Waals surface area (Å²) in [6, 6.07) is 6.57. The maximum Gasteiger partial charge on any atom is 0.332 e. The molecule has 0 bridgehead atoms. The van der Waals surface area contributed by atoms with Crippen LogP contribution in [0.3, 0.4) is 0 Å². The van der Waals surface area contributed by atoms with Crippen molar-refractivity contribution in [2.75, 3.05) is 13.1 Å². The third kappa shape index (κ3) is 3.31. The molecule has 1 atom stereocenters. The number of benzene rings is 1. The van der Waals surface area contributed by atoms with Gasteiger partial charge in [-0.2, -0.15) is 5.10 Å². The highest BCUT2D eigenvalue weighted by Gasteiger charge is 2.47. The van der Waals surface area contributed by atoms with Gasteiger partial charge in [0.1, 0.15) is 11.6 Å². The molecular formula is C21H22FN5O2S. The number of likely N-dealkylation sites (tertiary alicyclic amines) is 1. The van der Waals surface area contributed by atoms with Crippen LogP contribution < -0.4 is 11.1 Å². The molecule has 2 aliphatic rings. The number of rotatable bonds is 4. The Balaban J connectivity index is 1.44. The highest BCUT2D eigenvalue weighted by molar-refractivity contribution is 7.09. The molecule has 1 saturated heterocycles. The largest absolute Gasteiger partial charge is 0.332 e. The van der Waals surface area contributed by atoms with Gasteiger partial charge in [-0.05, 0) is 44.0 Å². The Bertz CT molecular complexity index is 1220. The Morgan fingerprint density at radius 1 is 1.10 bits per heavy atom. The van der Waals surface area contributed by atoms with Crippen molar-refractivity contribution in [3.05, 3.63) is 78.3 Å². The summed E-state index contributed by atoms with van der Waals surface area (Å²) >= 11 is 1.51. The molecule has 1 fully saturated rings. The lowest BCUT2D eigenvalue weighted by Gasteiger charge is -2.23. The molecule has 0 N–H and O–H groups in total. The summed E-state index contributed by atoms with van der Waals surface area (Å²) in [6.07, 6.45) is 1.68. The molecular weight excluding hydrogens is 405 g/mol. The number of thiazole rings is 1. The number of hydrogen-bond acceptors (Lipinski definition) is 6. The molecule has 0 saturated carbocycles. The van der Waals surface area contributed by atoms with Crippen LogP contribution in [-0.4, -0.2) is 37.3 Å². The number of nitrogens with zero attached hydrogens (tertiary/aromatic N) is 5. The van der Waals surface area contributed by atoms with E-state index >= 15 is 0 Å². The van der Waals surface area contributed by atoms with Gasteiger partial charge in [0.2, 0.25) is 0 Å². The average molecular weight is 428 g/mol. The zero-order valence-corrected chi connectivity index (χ0v) is 17.5. The highest BCUT2D eigenvalue weighted by Crippen LogP contribution is 2.40. The van der Waals surface area contributed by atoms with Crippen molar-refractivity contribution in [3.63, 3.8) is 0 Å². The minimum absolute atomic E-state index is 0.210. The Labute approximate surface area is 176 Å². The molecule has 156 valence electrons. The Hall–Kier alpha value is -2.65. The molecule has 7 nitrogen and oxygen atoms in total. The number of aryl methyl sites for hydroxylation is 1. The minimum Gasteiger partial charge on any atom is -0.298 e. The fourth-order valence-electron chi connectivity index (χ4n) is 4.64. The molecule has 9 heteroatoms. The van der Waals surface area contributed by atoms with E-state index in [1.165, 1.54) is 28.2 Å². The topological polar surface area (TPSA) is 73.0 Å². The average Bonchev–Trinajstić information content (AvgIpc) is 3.42. The molecule has 0 radical (unpaired) electrons. The number of halogens is 1. The SMILES string of the molecule is Cc1nc(Cn2nc3n(c(=O)c2=O)CC[C@]32CCN(Cc3ccc(F)cc3)C2)cs1. The van der Waals surface area contributed by atoms with E-state index in [0.29, 0.717) is 12.4 Å². The van der Waals surface area contributed by atoms with Gasteiger partial charge in [-0.1, -0.05) is 12.1 Å². The van der Waals surface area contributed by atoms with E-state index in [1.807, 2.05) is 12.3 Å². The fraction of sp³-hybridized carbons (Fsp3) is 0.429. The predicted molar refractivity (Wildman–Crippen MR) is 111 cm³/mol. The van der Waals surface area contributed by atoms with Gasteiger partial charge in [0.15, 0.2) is 0 Å². The standard InChI is InChI=1S/C21H22FN5O2S/c1-14-23-17(12-30-14)11-27-19(29)18(28)26-9-7-21(20(26)24-27)6-8-25(13-21)10-15-2-4-16(22)5-3-15/h2-5,12H,6-11,13H2,1H3/t21-/m0/s1. The molecule has 2 aliphatic heterocycles. The monoisotopic (exact) mass is 427 g/mol. The predicted octanol–water partition coefficient (Wildman–Crippen LogP) is 1.90. The second-order valence-corrected chi connectivity index (χ2v) is 9.28. The maximum absolute atomic E-state index is 13.2. The van der Waals surface area contributed by atoms with Crippen LogP contribution in [0, 0.1) is 12.7 Å². The van der Waals surface area contributed by atoms with Crippen LogP contribution in [-0.2, 0) is 25.0 Å². The third-order valence-corrected chi connectivity index (χ3v) is 6.97. The second kappa shape index (κ2) is 7.24. The first-order valence-electron chi connectivity index (χ1n) is 10.0. The van der Waals surface area contributed by atoms with Gasteiger partial charge in [0.25, 0.3) is 0 Å². The maximum atomic E-state index is 13.2. The second-order valence-electron chi connectivity index (χ2n) is 8.22. The lowest BCUT2D eigenvalue weighted by atomic mass is 9.85. The first-order chi connectivity index (χ1) is 14.4. The lowest BCUT2D eigenvalue weighted by Crippen LogP contribution is -2.45. The summed E-state index contributed by atoms with van der Waals surface area (Å²) in [7, 11) is 0. The normalized spacial score (nSPS) is 20.9. The first kappa shape index (κ1) is 19.3. The van der Waals surface area contributed by atoms with Gasteiger partial charge >= 0.3 is 11.1 Å². The molecule has 5 rings (SSSR count). The number of fused-ring (bicyclic) bond motifs is 2. The zero-order valence-electron chi connectivity index (χ0n) is 16.7. The van der Waals surface area contributed by atoms with Gasteiger partial charge in [-0.15, -0.1) is 11.3 Å². The lowest BCUT2D eigenvalue weighted by molar-refractivity contribution is 0.297. The Morgan fingerprint density at radius 3 is 2.60 bits per heavy atom. The van der Waals surface area contributed by atoms with Crippen molar-refractivity contribution in [1.29, 1.82) is 0 Å². The summed E-state index contributed by atoms with van der Waals surface area (Å²) < 4.78 is 16.0. The first-order valence-corrected chi connectivity index (χ1v) is 10.9. The molecule has 0 amide bonds. The van der Waals surface area contributed by atoms with E-state index in [2.05, 4.69) is 15.0 Å². The smallest absolute Gasteiger partial charge is 0.298 e. The number of hydrogen-bond donors (Lipinski definition) is 0. The van der Waals surface area contributed by atoms with Crippen molar-refractivity contribution in [2.45, 2.75) is 44.8 Å². The van der Waals surface area contributed by atoms with E-state index in [9.17, 15) is 14.0 Å². The van der Waals surface area contributed by atoms with E-state index in [4.69, 9.17) is 0 Å². The molecule has 1 spiro atoms. The van der Waals surface area contributed by atoms with E-state index in [-0.39, 0.29) is 17.8 Å². The molecule has 4 heterocycles. The minimum atomic E-state index is -0.595. The highest BCUT2D eigenvalue weighted by atomic mass is 32.1. The van der Waals surface area contributed by atoms with Crippen LogP contribution in [0.2, 0.25) is 0 Å². The molecule has 0 unspecified atom stereocenters. The van der Waals surface area contributed by atoms with Crippen LogP contribution in [0.25, 0.3) is 0 Å². The van der Waals surface area contributed by atoms with Crippen LogP contribution in [0.1, 0.15) is 34.9 Å². The summed E-state index contributed by atoms with van der Waals surface area (Å²) in [6.45, 7) is 5.01. The van der Waals surface area contributed by atoms with Gasteiger partial charge in [0.05, 0.1) is 17.2 Å². The van der Waals surface area contributed by atoms with Crippen LogP contribution >= 0.6 is 11.3 Å². The quantitative estimate of drug-likeness (QED) is 0.595. The molecule has 30 heavy (non-hydrogen) atoms. The van der Waals surface area contributed by atoms with Gasteiger partial charge in [-0.3, -0.25) is 19.1 Å². The summed E-state index contributed by atoms with van der Waals surface area (Å²) in [5.41, 5.74) is 0.476. The van der Waals surface area contributed by atoms with Crippen molar-refractivity contribution < 1.29 is 4.39 Å². The number of aromatic nitrogens is 4. The van der Waals surface area contributed by atoms with Crippen molar-refractivity contribution in [1.82, 2.24) is 24.2 Å². The van der Waals surface area contributed by atoms with Crippen LogP contribution in [0.15, 0.2) is 39.2 Å². The van der Waals surface area contributed by atoms with Crippen molar-refractivity contribution in [3.8, 4) is 0 Å². The van der Waals surface area contributed by atoms with Gasteiger partial charge < -0.3 is 0 Å². The van der Waals surface area contributed by atoms with Gasteiger partial charge in [-0.25, -0.2) is 14.1 Å². The van der Waals surface area contributed by atoms with Gasteiger partial charge in [0, 0.05) is 30.4 Å². The molecule has 1 aromatic carbocycles.